The van der Waals surface area contributed by atoms with Crippen molar-refractivity contribution in [3.8, 4) is 0 Å². The van der Waals surface area contributed by atoms with Crippen LogP contribution in [0.4, 0.5) is 0 Å². The van der Waals surface area contributed by atoms with Gasteiger partial charge in [0.2, 0.25) is 0 Å². The molecule has 2 saturated heterocycles. The topological polar surface area (TPSA) is 34.1 Å². The minimum atomic E-state index is -1.07. The minimum Gasteiger partial charge on any atom is -0.0741 e. The summed E-state index contributed by atoms with van der Waals surface area (Å²) in [5, 5.41) is 0. The zero-order valence-corrected chi connectivity index (χ0v) is 13.6. The van der Waals surface area contributed by atoms with E-state index in [0.717, 1.165) is 38.0 Å². The Morgan fingerprint density at radius 2 is 1.10 bits per heavy atom. The molecule has 0 saturated carbocycles. The minimum absolute atomic E-state index is 0.257. The summed E-state index contributed by atoms with van der Waals surface area (Å²) in [4.78, 5) is 0. The Morgan fingerprint density at radius 3 is 1.45 bits per heavy atom. The van der Waals surface area contributed by atoms with Gasteiger partial charge in [-0.15, -0.1) is 0 Å². The first-order valence-electron chi connectivity index (χ1n) is 7.73. The Hall–Kier alpha value is -0.580. The Bertz CT molecular complexity index is 463. The van der Waals surface area contributed by atoms with Crippen LogP contribution in [0.3, 0.4) is 0 Å². The number of rotatable bonds is 2. The molecule has 0 aromatic heterocycles. The molecule has 20 heavy (non-hydrogen) atoms. The van der Waals surface area contributed by atoms with Gasteiger partial charge in [0.05, 0.1) is 0 Å². The van der Waals surface area contributed by atoms with Gasteiger partial charge in [0.25, 0.3) is 0 Å². The maximum Gasteiger partial charge on any atom is 0.346 e. The van der Waals surface area contributed by atoms with E-state index in [2.05, 4.69) is 24.3 Å². The van der Waals surface area contributed by atoms with Gasteiger partial charge in [-0.1, -0.05) is 33.4 Å². The van der Waals surface area contributed by atoms with Gasteiger partial charge in [-0.3, -0.25) is 0 Å². The largest absolute Gasteiger partial charge is 0.346 e. The summed E-state index contributed by atoms with van der Waals surface area (Å²) in [6.07, 6.45) is 8.52. The standard InChI is InChI=1S/C16H22O2P2/c17-19-11-3-1-5-15(19)13-7-9-14(10-8-13)16-6-2-4-12-20(16)18/h7-10,15-16H,1-6,11-12H2/q+2. The fraction of sp³-hybridized carbons (Fsp3) is 0.625. The van der Waals surface area contributed by atoms with Gasteiger partial charge in [-0.25, -0.2) is 0 Å². The lowest BCUT2D eigenvalue weighted by Gasteiger charge is -2.15. The van der Waals surface area contributed by atoms with Crippen LogP contribution in [-0.2, 0) is 9.13 Å². The molecule has 4 atom stereocenters. The van der Waals surface area contributed by atoms with E-state index in [1.54, 1.807) is 0 Å². The lowest BCUT2D eigenvalue weighted by molar-refractivity contribution is 0.551. The van der Waals surface area contributed by atoms with Crippen molar-refractivity contribution in [2.24, 2.45) is 0 Å². The summed E-state index contributed by atoms with van der Waals surface area (Å²) in [7, 11) is -2.14. The fourth-order valence-electron chi connectivity index (χ4n) is 3.42. The summed E-state index contributed by atoms with van der Waals surface area (Å²) < 4.78 is 24.3. The van der Waals surface area contributed by atoms with E-state index in [1.165, 1.54) is 24.0 Å². The van der Waals surface area contributed by atoms with E-state index in [9.17, 15) is 9.13 Å². The van der Waals surface area contributed by atoms with E-state index < -0.39 is 15.6 Å². The Morgan fingerprint density at radius 1 is 0.700 bits per heavy atom. The Kier molecular flexibility index (Phi) is 4.64. The highest BCUT2D eigenvalue weighted by Gasteiger charge is 2.36. The highest BCUT2D eigenvalue weighted by Crippen LogP contribution is 2.51. The molecular formula is C16H22O2P2+2. The van der Waals surface area contributed by atoms with Crippen molar-refractivity contribution in [3.05, 3.63) is 35.4 Å². The molecule has 0 aliphatic carbocycles. The molecule has 0 amide bonds. The zero-order chi connectivity index (χ0) is 13.9. The fourth-order valence-corrected chi connectivity index (χ4v) is 7.06. The van der Waals surface area contributed by atoms with Crippen LogP contribution in [-0.4, -0.2) is 12.3 Å². The summed E-state index contributed by atoms with van der Waals surface area (Å²) in [5.41, 5.74) is 2.96. The smallest absolute Gasteiger partial charge is 0.0741 e. The molecule has 1 aromatic rings. The molecule has 106 valence electrons. The molecule has 1 aromatic carbocycles. The SMILES string of the molecule is O=[P+]1CCCCC1c1ccc(C2CCCC[P+]2=O)cc1. The third-order valence-electron chi connectivity index (χ3n) is 4.61. The maximum atomic E-state index is 12.1. The Balaban J connectivity index is 1.77. The molecule has 0 spiro atoms. The lowest BCUT2D eigenvalue weighted by Crippen LogP contribution is -2.04. The van der Waals surface area contributed by atoms with E-state index in [0.29, 0.717) is 0 Å². The van der Waals surface area contributed by atoms with E-state index in [1.807, 2.05) is 0 Å². The van der Waals surface area contributed by atoms with Gasteiger partial charge in [0.15, 0.2) is 11.3 Å². The number of hydrogen-bond donors (Lipinski definition) is 0. The van der Waals surface area contributed by atoms with Crippen LogP contribution >= 0.6 is 15.6 Å². The van der Waals surface area contributed by atoms with Crippen molar-refractivity contribution >= 4 is 15.6 Å². The summed E-state index contributed by atoms with van der Waals surface area (Å²) in [6, 6.07) is 8.54. The average molecular weight is 308 g/mol. The highest BCUT2D eigenvalue weighted by molar-refractivity contribution is 7.45. The molecule has 0 N–H and O–H groups in total. The van der Waals surface area contributed by atoms with Crippen molar-refractivity contribution in [2.45, 2.75) is 49.8 Å². The molecule has 2 nitrogen and oxygen atoms in total. The summed E-state index contributed by atoms with van der Waals surface area (Å²) >= 11 is 0. The van der Waals surface area contributed by atoms with E-state index in [-0.39, 0.29) is 11.3 Å². The third kappa shape index (κ3) is 3.02. The Labute approximate surface area is 122 Å². The van der Waals surface area contributed by atoms with Crippen molar-refractivity contribution in [1.82, 2.24) is 0 Å². The second-order valence-electron chi connectivity index (χ2n) is 5.97. The van der Waals surface area contributed by atoms with Gasteiger partial charge in [0, 0.05) is 11.1 Å². The second-order valence-corrected chi connectivity index (χ2v) is 9.78. The van der Waals surface area contributed by atoms with Crippen molar-refractivity contribution in [3.63, 3.8) is 0 Å². The summed E-state index contributed by atoms with van der Waals surface area (Å²) in [5.74, 6) is 0. The molecule has 2 heterocycles. The first kappa shape index (κ1) is 14.4. The first-order chi connectivity index (χ1) is 9.75. The van der Waals surface area contributed by atoms with Crippen LogP contribution in [0.15, 0.2) is 24.3 Å². The highest BCUT2D eigenvalue weighted by atomic mass is 31.1. The van der Waals surface area contributed by atoms with Crippen LogP contribution in [0.25, 0.3) is 0 Å². The molecular weight excluding hydrogens is 286 g/mol. The molecule has 2 aliphatic heterocycles. The van der Waals surface area contributed by atoms with Crippen LogP contribution in [0, 0.1) is 0 Å². The molecule has 4 unspecified atom stereocenters. The molecule has 3 rings (SSSR count). The molecule has 2 fully saturated rings. The lowest BCUT2D eigenvalue weighted by atomic mass is 10.0. The normalized spacial score (nSPS) is 31.2. The van der Waals surface area contributed by atoms with Crippen LogP contribution in [0.2, 0.25) is 0 Å². The molecule has 2 aliphatic rings. The van der Waals surface area contributed by atoms with E-state index in [4.69, 9.17) is 0 Å². The number of benzene rings is 1. The predicted octanol–water partition coefficient (Wildman–Crippen LogP) is 5.79. The quantitative estimate of drug-likeness (QED) is 0.648. The van der Waals surface area contributed by atoms with Gasteiger partial charge >= 0.3 is 15.6 Å². The molecule has 0 radical (unpaired) electrons. The predicted molar refractivity (Wildman–Crippen MR) is 84.6 cm³/mol. The molecule has 0 bridgehead atoms. The third-order valence-corrected chi connectivity index (χ3v) is 8.63. The monoisotopic (exact) mass is 308 g/mol. The zero-order valence-electron chi connectivity index (χ0n) is 11.8. The summed E-state index contributed by atoms with van der Waals surface area (Å²) in [6.45, 7) is 0. The van der Waals surface area contributed by atoms with Gasteiger partial charge < -0.3 is 0 Å². The maximum absolute atomic E-state index is 12.1. The second kappa shape index (κ2) is 6.46. The van der Waals surface area contributed by atoms with Crippen LogP contribution in [0.5, 0.6) is 0 Å². The number of hydrogen-bond acceptors (Lipinski definition) is 2. The van der Waals surface area contributed by atoms with Crippen molar-refractivity contribution < 1.29 is 9.13 Å². The van der Waals surface area contributed by atoms with Gasteiger partial charge in [0.1, 0.15) is 12.3 Å². The van der Waals surface area contributed by atoms with Crippen LogP contribution in [0.1, 0.15) is 61.0 Å². The van der Waals surface area contributed by atoms with Gasteiger partial charge in [-0.05, 0) is 38.5 Å². The average Bonchev–Trinajstić information content (AvgIpc) is 2.49. The first-order valence-corrected chi connectivity index (χ1v) is 10.8. The molecule has 4 heteroatoms. The van der Waals surface area contributed by atoms with Crippen molar-refractivity contribution in [2.75, 3.05) is 12.3 Å². The van der Waals surface area contributed by atoms with Crippen molar-refractivity contribution in [1.29, 1.82) is 0 Å². The van der Waals surface area contributed by atoms with Crippen LogP contribution < -0.4 is 0 Å². The van der Waals surface area contributed by atoms with E-state index >= 15 is 0 Å². The van der Waals surface area contributed by atoms with Gasteiger partial charge in [-0.2, -0.15) is 0 Å².